The second-order valence-electron chi connectivity index (χ2n) is 11.7. The first kappa shape index (κ1) is 23.7. The lowest BCUT2D eigenvalue weighted by atomic mass is 9.73. The monoisotopic (exact) mass is 559 g/mol. The van der Waals surface area contributed by atoms with Gasteiger partial charge in [0, 0.05) is 27.2 Å². The fraction of sp³-hybridized carbons (Fsp3) is 0. The number of furan rings is 1. The summed E-state index contributed by atoms with van der Waals surface area (Å²) in [6.07, 6.45) is 0. The lowest BCUT2D eigenvalue weighted by Crippen LogP contribution is -2.03. The van der Waals surface area contributed by atoms with Gasteiger partial charge in [-0.1, -0.05) is 103 Å². The van der Waals surface area contributed by atoms with Gasteiger partial charge in [0.1, 0.15) is 11.2 Å². The van der Waals surface area contributed by atoms with Crippen LogP contribution < -0.4 is 0 Å². The Labute approximate surface area is 254 Å². The van der Waals surface area contributed by atoms with E-state index >= 15 is 0 Å². The van der Waals surface area contributed by atoms with E-state index in [1.807, 2.05) is 12.1 Å². The van der Waals surface area contributed by atoms with Crippen molar-refractivity contribution in [1.29, 1.82) is 0 Å². The van der Waals surface area contributed by atoms with Crippen molar-refractivity contribution in [3.05, 3.63) is 152 Å². The van der Waals surface area contributed by atoms with Crippen molar-refractivity contribution in [2.75, 3.05) is 0 Å². The summed E-state index contributed by atoms with van der Waals surface area (Å²) in [5, 5.41) is 4.85. The highest BCUT2D eigenvalue weighted by Crippen LogP contribution is 2.55. The van der Waals surface area contributed by atoms with Gasteiger partial charge in [0.15, 0.2) is 0 Å². The zero-order chi connectivity index (χ0) is 28.8. The third-order valence-electron chi connectivity index (χ3n) is 9.35. The van der Waals surface area contributed by atoms with Crippen molar-refractivity contribution in [2.24, 2.45) is 0 Å². The van der Waals surface area contributed by atoms with Crippen molar-refractivity contribution >= 4 is 43.7 Å². The van der Waals surface area contributed by atoms with E-state index < -0.39 is 0 Å². The van der Waals surface area contributed by atoms with Crippen LogP contribution in [0.25, 0.3) is 93.9 Å². The van der Waals surface area contributed by atoms with Gasteiger partial charge in [-0.25, -0.2) is 0 Å². The van der Waals surface area contributed by atoms with Crippen molar-refractivity contribution in [1.82, 2.24) is 4.57 Å². The van der Waals surface area contributed by atoms with E-state index in [9.17, 15) is 0 Å². The van der Waals surface area contributed by atoms with Crippen LogP contribution in [0.5, 0.6) is 0 Å². The minimum absolute atomic E-state index is 0.925. The Balaban J connectivity index is 1.17. The van der Waals surface area contributed by atoms with E-state index in [0.29, 0.717) is 0 Å². The quantitative estimate of drug-likeness (QED) is 0.211. The summed E-state index contributed by atoms with van der Waals surface area (Å²) in [5.74, 6) is 0. The van der Waals surface area contributed by atoms with Crippen molar-refractivity contribution < 1.29 is 4.42 Å². The van der Waals surface area contributed by atoms with Gasteiger partial charge in [0.25, 0.3) is 0 Å². The van der Waals surface area contributed by atoms with Gasteiger partial charge in [0.05, 0.1) is 11.0 Å². The van der Waals surface area contributed by atoms with Gasteiger partial charge in [-0.3, -0.25) is 0 Å². The molecule has 0 spiro atoms. The molecule has 44 heavy (non-hydrogen) atoms. The molecule has 10 rings (SSSR count). The van der Waals surface area contributed by atoms with Crippen LogP contribution in [0.1, 0.15) is 0 Å². The molecule has 2 nitrogen and oxygen atoms in total. The van der Waals surface area contributed by atoms with Crippen LogP contribution >= 0.6 is 0 Å². The molecule has 9 aromatic rings. The zero-order valence-electron chi connectivity index (χ0n) is 23.8. The molecule has 2 heterocycles. The standard InChI is InChI=1S/C42H25NO/c1-2-10-28(11-3-1)43-37-18-6-4-12-31(37)35-24-26(20-22-38(35)43)29-14-8-16-33-34-17-9-15-30(42(34)41(29)33)27-21-23-40-36(25-27)32-13-5-7-19-39(32)44-40/h1-25H. The number of benzene rings is 7. The van der Waals surface area contributed by atoms with Gasteiger partial charge in [0.2, 0.25) is 0 Å². The van der Waals surface area contributed by atoms with E-state index in [-0.39, 0.29) is 0 Å². The number of nitrogens with zero attached hydrogens (tertiary/aromatic N) is 1. The molecule has 7 aromatic carbocycles. The minimum Gasteiger partial charge on any atom is -0.456 e. The van der Waals surface area contributed by atoms with Gasteiger partial charge in [-0.05, 0) is 93.0 Å². The molecule has 0 fully saturated rings. The normalized spacial score (nSPS) is 12.1. The Bertz CT molecular complexity index is 2600. The highest BCUT2D eigenvalue weighted by Gasteiger charge is 2.29. The fourth-order valence-corrected chi connectivity index (χ4v) is 7.40. The summed E-state index contributed by atoms with van der Waals surface area (Å²) >= 11 is 0. The third-order valence-corrected chi connectivity index (χ3v) is 9.35. The number of para-hydroxylation sites is 3. The number of hydrogen-bond donors (Lipinski definition) is 0. The summed E-state index contributed by atoms with van der Waals surface area (Å²) in [5.41, 5.74) is 15.8. The number of fused-ring (bicyclic) bond motifs is 10. The molecule has 1 aliphatic rings. The number of hydrogen-bond acceptors (Lipinski definition) is 1. The molecule has 0 bridgehead atoms. The first-order chi connectivity index (χ1) is 21.8. The predicted octanol–water partition coefficient (Wildman–Crippen LogP) is 11.7. The highest BCUT2D eigenvalue weighted by molar-refractivity contribution is 6.16. The second kappa shape index (κ2) is 8.82. The van der Waals surface area contributed by atoms with Crippen LogP contribution in [0.3, 0.4) is 0 Å². The molecule has 0 N–H and O–H groups in total. The topological polar surface area (TPSA) is 18.1 Å². The molecular weight excluding hydrogens is 534 g/mol. The summed E-state index contributed by atoms with van der Waals surface area (Å²) in [4.78, 5) is 0. The fourth-order valence-electron chi connectivity index (χ4n) is 7.40. The molecule has 0 unspecified atom stereocenters. The molecule has 0 atom stereocenters. The van der Waals surface area contributed by atoms with Crippen molar-refractivity contribution in [3.63, 3.8) is 0 Å². The predicted molar refractivity (Wildman–Crippen MR) is 183 cm³/mol. The molecule has 0 saturated heterocycles. The van der Waals surface area contributed by atoms with Gasteiger partial charge in [-0.15, -0.1) is 0 Å². The maximum Gasteiger partial charge on any atom is 0.135 e. The number of rotatable bonds is 3. The molecule has 2 heteroatoms. The van der Waals surface area contributed by atoms with E-state index in [0.717, 1.165) is 21.9 Å². The van der Waals surface area contributed by atoms with Crippen LogP contribution in [0.15, 0.2) is 156 Å². The first-order valence-corrected chi connectivity index (χ1v) is 15.1. The van der Waals surface area contributed by atoms with Crippen LogP contribution in [0.2, 0.25) is 0 Å². The van der Waals surface area contributed by atoms with Crippen molar-refractivity contribution in [2.45, 2.75) is 0 Å². The van der Waals surface area contributed by atoms with E-state index in [1.165, 1.54) is 72.0 Å². The van der Waals surface area contributed by atoms with Crippen LogP contribution in [-0.4, -0.2) is 4.57 Å². The van der Waals surface area contributed by atoms with Crippen LogP contribution in [0, 0.1) is 0 Å². The molecule has 0 radical (unpaired) electrons. The van der Waals surface area contributed by atoms with Crippen molar-refractivity contribution in [3.8, 4) is 50.2 Å². The van der Waals surface area contributed by atoms with E-state index in [1.54, 1.807) is 0 Å². The molecule has 0 aliphatic heterocycles. The number of aromatic nitrogens is 1. The molecule has 0 amide bonds. The summed E-state index contributed by atoms with van der Waals surface area (Å²) in [6.45, 7) is 0. The average Bonchev–Trinajstić information content (AvgIpc) is 3.62. The average molecular weight is 560 g/mol. The van der Waals surface area contributed by atoms with E-state index in [4.69, 9.17) is 4.42 Å². The Morgan fingerprint density at radius 1 is 0.364 bits per heavy atom. The Morgan fingerprint density at radius 3 is 1.70 bits per heavy atom. The Hall–Kier alpha value is -5.86. The lowest BCUT2D eigenvalue weighted by molar-refractivity contribution is 0.669. The molecule has 204 valence electrons. The van der Waals surface area contributed by atoms with E-state index in [2.05, 4.69) is 144 Å². The smallest absolute Gasteiger partial charge is 0.135 e. The van der Waals surface area contributed by atoms with Gasteiger partial charge < -0.3 is 8.98 Å². The molecular formula is C42H25NO. The Morgan fingerprint density at radius 2 is 0.932 bits per heavy atom. The SMILES string of the molecule is c1ccc(-n2c3ccccc3c3cc(-c4cccc5c4-c4c(-c6ccc7oc8ccccc8c7c6)cccc4-5)ccc32)cc1. The maximum atomic E-state index is 6.14. The second-order valence-corrected chi connectivity index (χ2v) is 11.7. The third kappa shape index (κ3) is 3.20. The summed E-state index contributed by atoms with van der Waals surface area (Å²) < 4.78 is 8.51. The summed E-state index contributed by atoms with van der Waals surface area (Å²) in [7, 11) is 0. The molecule has 1 aliphatic carbocycles. The minimum atomic E-state index is 0.925. The highest BCUT2D eigenvalue weighted by atomic mass is 16.3. The molecule has 0 saturated carbocycles. The van der Waals surface area contributed by atoms with Crippen LogP contribution in [-0.2, 0) is 0 Å². The largest absolute Gasteiger partial charge is 0.456 e. The Kier molecular flexibility index (Phi) is 4.75. The lowest BCUT2D eigenvalue weighted by Gasteiger charge is -2.29. The molecule has 2 aromatic heterocycles. The van der Waals surface area contributed by atoms with Crippen LogP contribution in [0.4, 0.5) is 0 Å². The summed E-state index contributed by atoms with van der Waals surface area (Å²) in [6, 6.07) is 54.7. The maximum absolute atomic E-state index is 6.14. The van der Waals surface area contributed by atoms with Gasteiger partial charge in [-0.2, -0.15) is 0 Å². The zero-order valence-corrected chi connectivity index (χ0v) is 23.8. The first-order valence-electron chi connectivity index (χ1n) is 15.1. The van der Waals surface area contributed by atoms with Gasteiger partial charge >= 0.3 is 0 Å².